The highest BCUT2D eigenvalue weighted by Crippen LogP contribution is 2.24. The second-order valence-electron chi connectivity index (χ2n) is 8.31. The average Bonchev–Trinajstić information content (AvgIpc) is 3.25. The van der Waals surface area contributed by atoms with Crippen molar-refractivity contribution in [1.82, 2.24) is 24.2 Å². The number of carbonyl (C=O) groups excluding carboxylic acids is 1. The molecule has 0 aliphatic carbocycles. The third kappa shape index (κ3) is 3.41. The van der Waals surface area contributed by atoms with Gasteiger partial charge in [0.25, 0.3) is 11.5 Å². The molecule has 0 spiro atoms. The number of hydrogen-bond donors (Lipinski definition) is 1. The maximum atomic E-state index is 13.3. The summed E-state index contributed by atoms with van der Waals surface area (Å²) < 4.78 is 1.84. The van der Waals surface area contributed by atoms with Gasteiger partial charge < -0.3 is 14.8 Å². The molecular formula is C24H25N5O2. The summed E-state index contributed by atoms with van der Waals surface area (Å²) in [6, 6.07) is 15.4. The summed E-state index contributed by atoms with van der Waals surface area (Å²) in [5, 5.41) is 0. The van der Waals surface area contributed by atoms with Crippen LogP contribution in [0.5, 0.6) is 0 Å². The summed E-state index contributed by atoms with van der Waals surface area (Å²) in [6.07, 6.45) is 3.53. The fraction of sp³-hybridized carbons (Fsp3) is 0.292. The van der Waals surface area contributed by atoms with Gasteiger partial charge in [0, 0.05) is 24.2 Å². The van der Waals surface area contributed by atoms with Gasteiger partial charge in [0.05, 0.1) is 17.2 Å². The number of carbonyl (C=O) groups is 1. The fourth-order valence-corrected chi connectivity index (χ4v) is 4.44. The maximum Gasteiger partial charge on any atom is 0.274 e. The second kappa shape index (κ2) is 7.67. The Morgan fingerprint density at radius 1 is 1.10 bits per heavy atom. The van der Waals surface area contributed by atoms with Crippen molar-refractivity contribution in [3.8, 4) is 11.4 Å². The number of fused-ring (bicyclic) bond motifs is 3. The average molecular weight is 415 g/mol. The molecule has 2 aromatic heterocycles. The molecule has 7 nitrogen and oxygen atoms in total. The van der Waals surface area contributed by atoms with Gasteiger partial charge in [-0.25, -0.2) is 4.98 Å². The molecule has 5 rings (SSSR count). The van der Waals surface area contributed by atoms with Crippen molar-refractivity contribution in [3.05, 3.63) is 70.6 Å². The first kappa shape index (κ1) is 19.5. The molecule has 1 amide bonds. The molecule has 1 N–H and O–H groups in total. The minimum absolute atomic E-state index is 0.00261. The number of aromatic amines is 1. The molecule has 1 aliphatic heterocycles. The molecule has 0 radical (unpaired) electrons. The van der Waals surface area contributed by atoms with Crippen LogP contribution in [0.2, 0.25) is 0 Å². The Bertz CT molecular complexity index is 1320. The van der Waals surface area contributed by atoms with Crippen molar-refractivity contribution < 1.29 is 4.79 Å². The normalized spacial score (nSPS) is 15.5. The van der Waals surface area contributed by atoms with Crippen LogP contribution in [-0.2, 0) is 0 Å². The molecule has 158 valence electrons. The van der Waals surface area contributed by atoms with E-state index in [-0.39, 0.29) is 17.5 Å². The zero-order valence-electron chi connectivity index (χ0n) is 17.7. The van der Waals surface area contributed by atoms with Gasteiger partial charge in [0.2, 0.25) is 0 Å². The molecule has 31 heavy (non-hydrogen) atoms. The number of rotatable bonds is 3. The summed E-state index contributed by atoms with van der Waals surface area (Å²) >= 11 is 0. The Balaban J connectivity index is 1.61. The highest BCUT2D eigenvalue weighted by molar-refractivity contribution is 5.98. The van der Waals surface area contributed by atoms with E-state index in [0.717, 1.165) is 37.0 Å². The summed E-state index contributed by atoms with van der Waals surface area (Å²) in [5.74, 6) is 0.678. The van der Waals surface area contributed by atoms with Crippen molar-refractivity contribution in [2.24, 2.45) is 0 Å². The van der Waals surface area contributed by atoms with E-state index in [0.29, 0.717) is 22.4 Å². The van der Waals surface area contributed by atoms with Crippen LogP contribution < -0.4 is 5.56 Å². The Morgan fingerprint density at radius 3 is 2.58 bits per heavy atom. The lowest BCUT2D eigenvalue weighted by Crippen LogP contribution is -2.44. The molecular weight excluding hydrogens is 390 g/mol. The Morgan fingerprint density at radius 2 is 1.84 bits per heavy atom. The summed E-state index contributed by atoms with van der Waals surface area (Å²) in [4.78, 5) is 37.5. The minimum Gasteiger partial charge on any atom is -0.339 e. The van der Waals surface area contributed by atoms with Crippen LogP contribution in [0, 0.1) is 0 Å². The van der Waals surface area contributed by atoms with Crippen LogP contribution in [0.4, 0.5) is 0 Å². The molecule has 4 aromatic rings. The smallest absolute Gasteiger partial charge is 0.274 e. The molecule has 1 aliphatic rings. The molecule has 0 unspecified atom stereocenters. The fourth-order valence-electron chi connectivity index (χ4n) is 4.44. The van der Waals surface area contributed by atoms with Crippen molar-refractivity contribution in [2.75, 3.05) is 27.2 Å². The standard InChI is InChI=1S/C24H25N5O2/c1-27-12-10-18(11-13-27)28(2)24(31)17-8-9-19-20(14-17)29-21(23(30)26-19)15-25-22(29)16-6-4-3-5-7-16/h3-9,14-15,18H,10-13H2,1-2H3,(H,26,30). The number of aromatic nitrogens is 3. The Kier molecular flexibility index (Phi) is 4.82. The van der Waals surface area contributed by atoms with Crippen molar-refractivity contribution in [3.63, 3.8) is 0 Å². The number of imidazole rings is 1. The van der Waals surface area contributed by atoms with Gasteiger partial charge in [-0.1, -0.05) is 30.3 Å². The zero-order valence-corrected chi connectivity index (χ0v) is 17.7. The molecule has 0 atom stereocenters. The second-order valence-corrected chi connectivity index (χ2v) is 8.31. The van der Waals surface area contributed by atoms with E-state index in [1.165, 1.54) is 0 Å². The number of amides is 1. The van der Waals surface area contributed by atoms with Crippen molar-refractivity contribution >= 4 is 22.5 Å². The molecule has 1 fully saturated rings. The highest BCUT2D eigenvalue weighted by Gasteiger charge is 2.25. The Labute approximate surface area is 179 Å². The van der Waals surface area contributed by atoms with E-state index in [9.17, 15) is 9.59 Å². The number of H-pyrrole nitrogens is 1. The van der Waals surface area contributed by atoms with Gasteiger partial charge in [-0.15, -0.1) is 0 Å². The number of piperidine rings is 1. The van der Waals surface area contributed by atoms with Crippen LogP contribution in [0.1, 0.15) is 23.2 Å². The van der Waals surface area contributed by atoms with Crippen molar-refractivity contribution in [2.45, 2.75) is 18.9 Å². The van der Waals surface area contributed by atoms with Crippen molar-refractivity contribution in [1.29, 1.82) is 0 Å². The third-order valence-electron chi connectivity index (χ3n) is 6.32. The van der Waals surface area contributed by atoms with E-state index in [2.05, 4.69) is 21.9 Å². The van der Waals surface area contributed by atoms with Crippen LogP contribution in [0.3, 0.4) is 0 Å². The van der Waals surface area contributed by atoms with Gasteiger partial charge in [-0.2, -0.15) is 0 Å². The number of hydrogen-bond acceptors (Lipinski definition) is 4. The SMILES string of the molecule is CN1CCC(N(C)C(=O)c2ccc3[nH]c(=O)c4cnc(-c5ccccc5)n4c3c2)CC1. The lowest BCUT2D eigenvalue weighted by molar-refractivity contribution is 0.0659. The maximum absolute atomic E-state index is 13.3. The third-order valence-corrected chi connectivity index (χ3v) is 6.32. The molecule has 1 saturated heterocycles. The van der Waals surface area contributed by atoms with E-state index < -0.39 is 0 Å². The predicted octanol–water partition coefficient (Wildman–Crippen LogP) is 3.01. The molecule has 0 saturated carbocycles. The quantitative estimate of drug-likeness (QED) is 0.558. The number of likely N-dealkylation sites (tertiary alicyclic amines) is 1. The van der Waals surface area contributed by atoms with Gasteiger partial charge in [0.15, 0.2) is 0 Å². The summed E-state index contributed by atoms with van der Waals surface area (Å²) in [7, 11) is 4.00. The molecule has 0 bridgehead atoms. The monoisotopic (exact) mass is 415 g/mol. The van der Waals surface area contributed by atoms with Crippen LogP contribution in [0.25, 0.3) is 27.9 Å². The molecule has 3 heterocycles. The van der Waals surface area contributed by atoms with Crippen LogP contribution in [0.15, 0.2) is 59.5 Å². The van der Waals surface area contributed by atoms with Gasteiger partial charge in [-0.05, 0) is 51.2 Å². The lowest BCUT2D eigenvalue weighted by Gasteiger charge is -2.35. The van der Waals surface area contributed by atoms with Gasteiger partial charge in [-0.3, -0.25) is 14.0 Å². The van der Waals surface area contributed by atoms with Gasteiger partial charge in [0.1, 0.15) is 11.3 Å². The van der Waals surface area contributed by atoms with E-state index >= 15 is 0 Å². The predicted molar refractivity (Wildman–Crippen MR) is 121 cm³/mol. The van der Waals surface area contributed by atoms with E-state index in [4.69, 9.17) is 0 Å². The highest BCUT2D eigenvalue weighted by atomic mass is 16.2. The number of nitrogens with one attached hydrogen (secondary N) is 1. The number of nitrogens with zero attached hydrogens (tertiary/aromatic N) is 4. The van der Waals surface area contributed by atoms with E-state index in [1.54, 1.807) is 18.3 Å². The Hall–Kier alpha value is -3.45. The van der Waals surface area contributed by atoms with E-state index in [1.807, 2.05) is 52.7 Å². The molecule has 7 heteroatoms. The lowest BCUT2D eigenvalue weighted by atomic mass is 10.0. The minimum atomic E-state index is -0.204. The first-order valence-corrected chi connectivity index (χ1v) is 10.6. The first-order chi connectivity index (χ1) is 15.0. The van der Waals surface area contributed by atoms with Crippen LogP contribution >= 0.6 is 0 Å². The topological polar surface area (TPSA) is 73.7 Å². The number of benzene rings is 2. The zero-order chi connectivity index (χ0) is 21.5. The molecule has 2 aromatic carbocycles. The first-order valence-electron chi connectivity index (χ1n) is 10.6. The summed E-state index contributed by atoms with van der Waals surface area (Å²) in [5.41, 5.74) is 3.20. The summed E-state index contributed by atoms with van der Waals surface area (Å²) in [6.45, 7) is 1.99. The van der Waals surface area contributed by atoms with Crippen LogP contribution in [-0.4, -0.2) is 63.3 Å². The van der Waals surface area contributed by atoms with Gasteiger partial charge >= 0.3 is 0 Å². The largest absolute Gasteiger partial charge is 0.339 e.